The smallest absolute Gasteiger partial charge is 0.238 e. The molecule has 2 heterocycles. The van der Waals surface area contributed by atoms with Gasteiger partial charge in [-0.05, 0) is 74.0 Å². The Morgan fingerprint density at radius 2 is 1.72 bits per heavy atom. The van der Waals surface area contributed by atoms with Crippen LogP contribution >= 0.6 is 0 Å². The van der Waals surface area contributed by atoms with Crippen LogP contribution in [-0.2, 0) is 11.4 Å². The summed E-state index contributed by atoms with van der Waals surface area (Å²) in [6, 6.07) is 13.9. The fraction of sp³-hybridized carbons (Fsp3) is 0.250. The van der Waals surface area contributed by atoms with Gasteiger partial charge in [-0.25, -0.2) is 13.8 Å². The van der Waals surface area contributed by atoms with Crippen LogP contribution < -0.4 is 14.8 Å². The number of carbonyl (C=O) groups is 1. The fourth-order valence-corrected chi connectivity index (χ4v) is 3.38. The van der Waals surface area contributed by atoms with Gasteiger partial charge in [0.15, 0.2) is 11.6 Å². The summed E-state index contributed by atoms with van der Waals surface area (Å²) in [5, 5.41) is 2.84. The van der Waals surface area contributed by atoms with Crippen molar-refractivity contribution in [3.05, 3.63) is 78.0 Å². The third kappa shape index (κ3) is 6.01. The summed E-state index contributed by atoms with van der Waals surface area (Å²) >= 11 is 0. The van der Waals surface area contributed by atoms with Crippen LogP contribution in [0.3, 0.4) is 0 Å². The highest BCUT2D eigenvalue weighted by molar-refractivity contribution is 5.92. The molecule has 1 aliphatic rings. The summed E-state index contributed by atoms with van der Waals surface area (Å²) in [7, 11) is 0. The van der Waals surface area contributed by atoms with Crippen LogP contribution in [0.4, 0.5) is 14.5 Å². The standard InChI is InChI=1S/C24H23F2N3O3/c25-21-9-3-17(13-22(21)26)16-31-19-5-7-20(8-6-19)32-24-10-4-18(14-27-24)28-23(30)15-29-11-1-2-12-29/h3-10,13-14H,1-2,11-12,15-16H2,(H,28,30). The van der Waals surface area contributed by atoms with E-state index in [1.54, 1.807) is 42.6 Å². The maximum absolute atomic E-state index is 13.3. The SMILES string of the molecule is O=C(CN1CCCC1)Nc1ccc(Oc2ccc(OCc3ccc(F)c(F)c3)cc2)nc1. The Bertz CT molecular complexity index is 1050. The van der Waals surface area contributed by atoms with Crippen LogP contribution in [0.15, 0.2) is 60.8 Å². The molecule has 0 radical (unpaired) electrons. The van der Waals surface area contributed by atoms with Crippen molar-refractivity contribution < 1.29 is 23.0 Å². The molecule has 2 aromatic carbocycles. The van der Waals surface area contributed by atoms with E-state index in [4.69, 9.17) is 9.47 Å². The zero-order chi connectivity index (χ0) is 22.3. The van der Waals surface area contributed by atoms with Gasteiger partial charge in [0.2, 0.25) is 11.8 Å². The van der Waals surface area contributed by atoms with E-state index in [1.807, 2.05) is 0 Å². The lowest BCUT2D eigenvalue weighted by molar-refractivity contribution is -0.117. The molecule has 1 aromatic heterocycles. The van der Waals surface area contributed by atoms with Crippen molar-refractivity contribution in [1.29, 1.82) is 0 Å². The molecule has 0 saturated carbocycles. The molecule has 166 valence electrons. The van der Waals surface area contributed by atoms with Gasteiger partial charge in [0.1, 0.15) is 18.1 Å². The highest BCUT2D eigenvalue weighted by Crippen LogP contribution is 2.24. The van der Waals surface area contributed by atoms with Crippen molar-refractivity contribution in [3.63, 3.8) is 0 Å². The molecule has 3 aromatic rings. The summed E-state index contributed by atoms with van der Waals surface area (Å²) in [6.45, 7) is 2.44. The third-order valence-corrected chi connectivity index (χ3v) is 5.02. The molecule has 0 bridgehead atoms. The predicted octanol–water partition coefficient (Wildman–Crippen LogP) is 4.77. The van der Waals surface area contributed by atoms with Crippen molar-refractivity contribution >= 4 is 11.6 Å². The molecule has 1 saturated heterocycles. The van der Waals surface area contributed by atoms with Crippen molar-refractivity contribution in [2.75, 3.05) is 25.0 Å². The number of pyridine rings is 1. The Kier molecular flexibility index (Phi) is 6.91. The summed E-state index contributed by atoms with van der Waals surface area (Å²) < 4.78 is 37.5. The maximum Gasteiger partial charge on any atom is 0.238 e. The number of amides is 1. The van der Waals surface area contributed by atoms with Crippen molar-refractivity contribution in [1.82, 2.24) is 9.88 Å². The molecular formula is C24H23F2N3O3. The number of carbonyl (C=O) groups excluding carboxylic acids is 1. The second-order valence-corrected chi connectivity index (χ2v) is 7.53. The Hall–Kier alpha value is -3.52. The summed E-state index contributed by atoms with van der Waals surface area (Å²) in [6.07, 6.45) is 3.83. The molecule has 0 spiro atoms. The number of likely N-dealkylation sites (tertiary alicyclic amines) is 1. The van der Waals surface area contributed by atoms with Crippen LogP contribution in [-0.4, -0.2) is 35.4 Å². The molecule has 8 heteroatoms. The van der Waals surface area contributed by atoms with E-state index in [2.05, 4.69) is 15.2 Å². The van der Waals surface area contributed by atoms with Crippen LogP contribution in [0.25, 0.3) is 0 Å². The number of ether oxygens (including phenoxy) is 2. The Morgan fingerprint density at radius 3 is 2.41 bits per heavy atom. The number of benzene rings is 2. The van der Waals surface area contributed by atoms with E-state index in [0.29, 0.717) is 35.2 Å². The fourth-order valence-electron chi connectivity index (χ4n) is 3.38. The Balaban J connectivity index is 1.26. The zero-order valence-corrected chi connectivity index (χ0v) is 17.4. The van der Waals surface area contributed by atoms with E-state index in [1.165, 1.54) is 6.07 Å². The number of nitrogens with zero attached hydrogens (tertiary/aromatic N) is 2. The average Bonchev–Trinajstić information content (AvgIpc) is 3.30. The number of halogens is 2. The minimum atomic E-state index is -0.903. The largest absolute Gasteiger partial charge is 0.489 e. The van der Waals surface area contributed by atoms with Gasteiger partial charge in [-0.1, -0.05) is 6.07 Å². The van der Waals surface area contributed by atoms with Gasteiger partial charge in [0.05, 0.1) is 18.4 Å². The average molecular weight is 439 g/mol. The second-order valence-electron chi connectivity index (χ2n) is 7.53. The minimum absolute atomic E-state index is 0.0543. The molecule has 1 aliphatic heterocycles. The molecule has 0 aliphatic carbocycles. The molecule has 1 fully saturated rings. The van der Waals surface area contributed by atoms with Crippen LogP contribution in [0, 0.1) is 11.6 Å². The number of nitrogens with one attached hydrogen (secondary N) is 1. The van der Waals surface area contributed by atoms with Gasteiger partial charge < -0.3 is 14.8 Å². The predicted molar refractivity (Wildman–Crippen MR) is 116 cm³/mol. The van der Waals surface area contributed by atoms with Crippen molar-refractivity contribution in [2.24, 2.45) is 0 Å². The van der Waals surface area contributed by atoms with E-state index >= 15 is 0 Å². The number of anilines is 1. The molecule has 6 nitrogen and oxygen atoms in total. The second kappa shape index (κ2) is 10.2. The van der Waals surface area contributed by atoms with E-state index in [-0.39, 0.29) is 12.5 Å². The number of rotatable bonds is 8. The first kappa shape index (κ1) is 21.7. The third-order valence-electron chi connectivity index (χ3n) is 5.02. The van der Waals surface area contributed by atoms with Gasteiger partial charge in [0, 0.05) is 6.07 Å². The number of hydrogen-bond donors (Lipinski definition) is 1. The van der Waals surface area contributed by atoms with E-state index < -0.39 is 11.6 Å². The van der Waals surface area contributed by atoms with E-state index in [9.17, 15) is 13.6 Å². The quantitative estimate of drug-likeness (QED) is 0.548. The molecule has 0 atom stereocenters. The molecule has 1 amide bonds. The highest BCUT2D eigenvalue weighted by Gasteiger charge is 2.15. The molecule has 1 N–H and O–H groups in total. The zero-order valence-electron chi connectivity index (χ0n) is 17.4. The number of hydrogen-bond acceptors (Lipinski definition) is 5. The first-order chi connectivity index (χ1) is 15.5. The highest BCUT2D eigenvalue weighted by atomic mass is 19.2. The first-order valence-corrected chi connectivity index (χ1v) is 10.4. The lowest BCUT2D eigenvalue weighted by atomic mass is 10.2. The topological polar surface area (TPSA) is 63.7 Å². The molecule has 4 rings (SSSR count). The lowest BCUT2D eigenvalue weighted by Crippen LogP contribution is -2.30. The molecule has 32 heavy (non-hydrogen) atoms. The normalized spacial score (nSPS) is 13.7. The Labute approximate surface area is 184 Å². The van der Waals surface area contributed by atoms with Crippen molar-refractivity contribution in [3.8, 4) is 17.4 Å². The molecule has 0 unspecified atom stereocenters. The van der Waals surface area contributed by atoms with Crippen LogP contribution in [0.2, 0.25) is 0 Å². The monoisotopic (exact) mass is 439 g/mol. The lowest BCUT2D eigenvalue weighted by Gasteiger charge is -2.14. The van der Waals surface area contributed by atoms with E-state index in [0.717, 1.165) is 38.1 Å². The Morgan fingerprint density at radius 1 is 0.969 bits per heavy atom. The van der Waals surface area contributed by atoms with Gasteiger partial charge in [-0.15, -0.1) is 0 Å². The van der Waals surface area contributed by atoms with Gasteiger partial charge in [-0.2, -0.15) is 0 Å². The van der Waals surface area contributed by atoms with Gasteiger partial charge in [-0.3, -0.25) is 9.69 Å². The van der Waals surface area contributed by atoms with Crippen LogP contribution in [0.1, 0.15) is 18.4 Å². The van der Waals surface area contributed by atoms with Gasteiger partial charge >= 0.3 is 0 Å². The maximum atomic E-state index is 13.3. The summed E-state index contributed by atoms with van der Waals surface area (Å²) in [4.78, 5) is 18.4. The van der Waals surface area contributed by atoms with Crippen molar-refractivity contribution in [2.45, 2.75) is 19.4 Å². The summed E-state index contributed by atoms with van der Waals surface area (Å²) in [5.74, 6) is -0.338. The first-order valence-electron chi connectivity index (χ1n) is 10.4. The minimum Gasteiger partial charge on any atom is -0.489 e. The van der Waals surface area contributed by atoms with Crippen LogP contribution in [0.5, 0.6) is 17.4 Å². The molecular weight excluding hydrogens is 416 g/mol. The number of aromatic nitrogens is 1. The summed E-state index contributed by atoms with van der Waals surface area (Å²) in [5.41, 5.74) is 1.14. The van der Waals surface area contributed by atoms with Gasteiger partial charge in [0.25, 0.3) is 0 Å².